The van der Waals surface area contributed by atoms with Crippen molar-refractivity contribution in [2.75, 3.05) is 39.3 Å². The van der Waals surface area contributed by atoms with Gasteiger partial charge in [-0.05, 0) is 57.8 Å². The molecule has 2 rings (SSSR count). The van der Waals surface area contributed by atoms with E-state index in [1.54, 1.807) is 0 Å². The summed E-state index contributed by atoms with van der Waals surface area (Å²) in [6.07, 6.45) is 5.77. The van der Waals surface area contributed by atoms with Crippen molar-refractivity contribution in [3.63, 3.8) is 0 Å². The average molecular weight is 226 g/mol. The number of hydrogen-bond acceptors (Lipinski definition) is 3. The van der Waals surface area contributed by atoms with Gasteiger partial charge in [-0.3, -0.25) is 0 Å². The fourth-order valence-corrected chi connectivity index (χ4v) is 2.78. The molecule has 0 bridgehead atoms. The molecule has 0 radical (unpaired) electrons. The predicted molar refractivity (Wildman–Crippen MR) is 66.7 cm³/mol. The molecule has 0 aliphatic carbocycles. The molecule has 1 N–H and O–H groups in total. The Bertz CT molecular complexity index is 186. The lowest BCUT2D eigenvalue weighted by Crippen LogP contribution is -2.33. The van der Waals surface area contributed by atoms with Gasteiger partial charge in [0.2, 0.25) is 0 Å². The SMILES string of the molecule is CCN(CCC1CCNC1)CC1CCCO1. The van der Waals surface area contributed by atoms with Crippen molar-refractivity contribution in [2.24, 2.45) is 5.92 Å². The highest BCUT2D eigenvalue weighted by atomic mass is 16.5. The number of nitrogens with zero attached hydrogens (tertiary/aromatic N) is 1. The lowest BCUT2D eigenvalue weighted by atomic mass is 10.0. The van der Waals surface area contributed by atoms with Crippen LogP contribution in [0.25, 0.3) is 0 Å². The van der Waals surface area contributed by atoms with E-state index >= 15 is 0 Å². The third kappa shape index (κ3) is 3.72. The first-order valence-electron chi connectivity index (χ1n) is 6.93. The monoisotopic (exact) mass is 226 g/mol. The van der Waals surface area contributed by atoms with Crippen LogP contribution in [0.3, 0.4) is 0 Å². The number of hydrogen-bond donors (Lipinski definition) is 1. The fourth-order valence-electron chi connectivity index (χ4n) is 2.78. The second-order valence-corrected chi connectivity index (χ2v) is 5.18. The highest BCUT2D eigenvalue weighted by molar-refractivity contribution is 4.74. The third-order valence-electron chi connectivity index (χ3n) is 3.95. The average Bonchev–Trinajstić information content (AvgIpc) is 2.97. The second kappa shape index (κ2) is 6.58. The van der Waals surface area contributed by atoms with E-state index in [0.29, 0.717) is 6.10 Å². The topological polar surface area (TPSA) is 24.5 Å². The van der Waals surface area contributed by atoms with Gasteiger partial charge in [0.05, 0.1) is 6.10 Å². The van der Waals surface area contributed by atoms with Crippen molar-refractivity contribution in [1.82, 2.24) is 10.2 Å². The van der Waals surface area contributed by atoms with E-state index in [9.17, 15) is 0 Å². The van der Waals surface area contributed by atoms with Crippen LogP contribution in [0.4, 0.5) is 0 Å². The van der Waals surface area contributed by atoms with Crippen molar-refractivity contribution >= 4 is 0 Å². The summed E-state index contributed by atoms with van der Waals surface area (Å²) in [7, 11) is 0. The van der Waals surface area contributed by atoms with E-state index in [4.69, 9.17) is 4.74 Å². The van der Waals surface area contributed by atoms with Crippen LogP contribution in [-0.2, 0) is 4.74 Å². The molecule has 0 aromatic heterocycles. The van der Waals surface area contributed by atoms with E-state index in [1.165, 1.54) is 51.9 Å². The maximum Gasteiger partial charge on any atom is 0.0702 e. The number of nitrogens with one attached hydrogen (secondary N) is 1. The minimum atomic E-state index is 0.515. The van der Waals surface area contributed by atoms with E-state index in [-0.39, 0.29) is 0 Å². The first kappa shape index (κ1) is 12.3. The molecule has 3 heteroatoms. The third-order valence-corrected chi connectivity index (χ3v) is 3.95. The normalized spacial score (nSPS) is 30.4. The van der Waals surface area contributed by atoms with Gasteiger partial charge in [0.25, 0.3) is 0 Å². The molecule has 0 aromatic carbocycles. The molecule has 3 nitrogen and oxygen atoms in total. The summed E-state index contributed by atoms with van der Waals surface area (Å²) in [6, 6.07) is 0. The van der Waals surface area contributed by atoms with E-state index < -0.39 is 0 Å². The lowest BCUT2D eigenvalue weighted by molar-refractivity contribution is 0.0731. The van der Waals surface area contributed by atoms with Gasteiger partial charge in [-0.25, -0.2) is 0 Å². The summed E-state index contributed by atoms with van der Waals surface area (Å²) in [5, 5.41) is 3.44. The summed E-state index contributed by atoms with van der Waals surface area (Å²) < 4.78 is 5.70. The predicted octanol–water partition coefficient (Wildman–Crippen LogP) is 1.49. The maximum absolute atomic E-state index is 5.70. The van der Waals surface area contributed by atoms with Gasteiger partial charge >= 0.3 is 0 Å². The summed E-state index contributed by atoms with van der Waals surface area (Å²) in [5.41, 5.74) is 0. The van der Waals surface area contributed by atoms with Crippen LogP contribution < -0.4 is 5.32 Å². The van der Waals surface area contributed by atoms with Crippen LogP contribution in [0.1, 0.15) is 32.6 Å². The molecule has 2 fully saturated rings. The number of rotatable bonds is 6. The van der Waals surface area contributed by atoms with Gasteiger partial charge in [0.15, 0.2) is 0 Å². The van der Waals surface area contributed by atoms with Gasteiger partial charge < -0.3 is 15.0 Å². The Labute approximate surface area is 99.5 Å². The van der Waals surface area contributed by atoms with Crippen molar-refractivity contribution in [2.45, 2.75) is 38.7 Å². The van der Waals surface area contributed by atoms with Gasteiger partial charge in [0, 0.05) is 13.2 Å². The van der Waals surface area contributed by atoms with Gasteiger partial charge in [-0.1, -0.05) is 6.92 Å². The smallest absolute Gasteiger partial charge is 0.0702 e. The van der Waals surface area contributed by atoms with Crippen LogP contribution in [0.15, 0.2) is 0 Å². The van der Waals surface area contributed by atoms with E-state index in [0.717, 1.165) is 19.1 Å². The standard InChI is InChI=1S/C13H26N2O/c1-2-15(11-13-4-3-9-16-13)8-6-12-5-7-14-10-12/h12-14H,2-11H2,1H3. The maximum atomic E-state index is 5.70. The molecule has 94 valence electrons. The van der Waals surface area contributed by atoms with Crippen molar-refractivity contribution < 1.29 is 4.74 Å². The fraction of sp³-hybridized carbons (Fsp3) is 1.00. The summed E-state index contributed by atoms with van der Waals surface area (Å²) in [6.45, 7) is 9.27. The van der Waals surface area contributed by atoms with Crippen LogP contribution >= 0.6 is 0 Å². The summed E-state index contributed by atoms with van der Waals surface area (Å²) >= 11 is 0. The van der Waals surface area contributed by atoms with Crippen LogP contribution in [0.2, 0.25) is 0 Å². The largest absolute Gasteiger partial charge is 0.377 e. The van der Waals surface area contributed by atoms with Gasteiger partial charge in [-0.15, -0.1) is 0 Å². The van der Waals surface area contributed by atoms with Crippen LogP contribution in [0.5, 0.6) is 0 Å². The molecule has 2 aliphatic heterocycles. The molecule has 2 unspecified atom stereocenters. The highest BCUT2D eigenvalue weighted by Gasteiger charge is 2.20. The Hall–Kier alpha value is -0.120. The van der Waals surface area contributed by atoms with Crippen LogP contribution in [0, 0.1) is 5.92 Å². The number of ether oxygens (including phenoxy) is 1. The molecule has 2 atom stereocenters. The lowest BCUT2D eigenvalue weighted by Gasteiger charge is -2.24. The molecule has 2 heterocycles. The molecular weight excluding hydrogens is 200 g/mol. The Kier molecular flexibility index (Phi) is 5.07. The van der Waals surface area contributed by atoms with E-state index in [2.05, 4.69) is 17.1 Å². The summed E-state index contributed by atoms with van der Waals surface area (Å²) in [4.78, 5) is 2.56. The Morgan fingerprint density at radius 3 is 2.94 bits per heavy atom. The summed E-state index contributed by atoms with van der Waals surface area (Å²) in [5.74, 6) is 0.915. The molecular formula is C13H26N2O. The van der Waals surface area contributed by atoms with Crippen molar-refractivity contribution in [1.29, 1.82) is 0 Å². The quantitative estimate of drug-likeness (QED) is 0.742. The first-order chi connectivity index (χ1) is 7.88. The zero-order valence-corrected chi connectivity index (χ0v) is 10.6. The molecule has 0 saturated carbocycles. The Morgan fingerprint density at radius 1 is 1.38 bits per heavy atom. The van der Waals surface area contributed by atoms with Crippen molar-refractivity contribution in [3.05, 3.63) is 0 Å². The number of likely N-dealkylation sites (N-methyl/N-ethyl adjacent to an activating group) is 1. The highest BCUT2D eigenvalue weighted by Crippen LogP contribution is 2.16. The molecule has 0 amide bonds. The molecule has 0 aromatic rings. The zero-order chi connectivity index (χ0) is 11.2. The van der Waals surface area contributed by atoms with Crippen LogP contribution in [-0.4, -0.2) is 50.3 Å². The molecule has 0 spiro atoms. The van der Waals surface area contributed by atoms with Gasteiger partial charge in [0.1, 0.15) is 0 Å². The Balaban J connectivity index is 1.63. The first-order valence-corrected chi connectivity index (χ1v) is 6.93. The minimum Gasteiger partial charge on any atom is -0.377 e. The second-order valence-electron chi connectivity index (χ2n) is 5.18. The molecule has 16 heavy (non-hydrogen) atoms. The minimum absolute atomic E-state index is 0.515. The molecule has 2 aliphatic rings. The Morgan fingerprint density at radius 2 is 2.31 bits per heavy atom. The van der Waals surface area contributed by atoms with Crippen molar-refractivity contribution in [3.8, 4) is 0 Å². The zero-order valence-electron chi connectivity index (χ0n) is 10.6. The molecule has 2 saturated heterocycles. The van der Waals surface area contributed by atoms with E-state index in [1.807, 2.05) is 0 Å². The van der Waals surface area contributed by atoms with Gasteiger partial charge in [-0.2, -0.15) is 0 Å².